The van der Waals surface area contributed by atoms with Gasteiger partial charge in [-0.2, -0.15) is 0 Å². The van der Waals surface area contributed by atoms with Crippen molar-refractivity contribution in [3.05, 3.63) is 41.7 Å². The quantitative estimate of drug-likeness (QED) is 0.767. The molecule has 0 aliphatic carbocycles. The van der Waals surface area contributed by atoms with Gasteiger partial charge in [-0.15, -0.1) is 5.10 Å². The maximum absolute atomic E-state index is 12.8. The van der Waals surface area contributed by atoms with Crippen LogP contribution in [0, 0.1) is 0 Å². The lowest BCUT2D eigenvalue weighted by Gasteiger charge is -2.35. The molecule has 2 amide bonds. The number of methoxy groups -OCH3 is 1. The number of aliphatic hydroxyl groups is 1. The number of carbonyl (C=O) groups is 2. The van der Waals surface area contributed by atoms with E-state index >= 15 is 0 Å². The van der Waals surface area contributed by atoms with E-state index in [1.807, 2.05) is 32.9 Å². The van der Waals surface area contributed by atoms with E-state index in [-0.39, 0.29) is 24.2 Å². The third-order valence-corrected chi connectivity index (χ3v) is 4.83. The Kier molecular flexibility index (Phi) is 6.79. The first-order valence-corrected chi connectivity index (χ1v) is 10.2. The number of piperazine rings is 1. The minimum Gasteiger partial charge on any atom is -0.496 e. The van der Waals surface area contributed by atoms with Crippen LogP contribution in [0.1, 0.15) is 42.9 Å². The van der Waals surface area contributed by atoms with Crippen LogP contribution in [-0.2, 0) is 11.3 Å². The highest BCUT2D eigenvalue weighted by Crippen LogP contribution is 2.25. The topological polar surface area (TPSA) is 110 Å². The van der Waals surface area contributed by atoms with Crippen LogP contribution in [0.15, 0.2) is 30.5 Å². The summed E-state index contributed by atoms with van der Waals surface area (Å²) in [6.07, 6.45) is 0.273. The van der Waals surface area contributed by atoms with E-state index in [1.54, 1.807) is 29.0 Å². The first-order valence-electron chi connectivity index (χ1n) is 10.2. The molecule has 2 aromatic rings. The molecule has 10 heteroatoms. The highest BCUT2D eigenvalue weighted by Gasteiger charge is 2.29. The number of aliphatic hydroxyl groups excluding tert-OH is 1. The van der Waals surface area contributed by atoms with Crippen LogP contribution >= 0.6 is 0 Å². The van der Waals surface area contributed by atoms with Gasteiger partial charge in [0.25, 0.3) is 5.91 Å². The van der Waals surface area contributed by atoms with Crippen LogP contribution in [0.3, 0.4) is 0 Å². The van der Waals surface area contributed by atoms with Crippen molar-refractivity contribution >= 4 is 12.0 Å². The minimum absolute atomic E-state index is 0.132. The number of hydrogen-bond donors (Lipinski definition) is 1. The minimum atomic E-state index is -0.863. The molecule has 31 heavy (non-hydrogen) atoms. The zero-order valence-electron chi connectivity index (χ0n) is 18.3. The monoisotopic (exact) mass is 431 g/mol. The predicted molar refractivity (Wildman–Crippen MR) is 112 cm³/mol. The van der Waals surface area contributed by atoms with E-state index in [0.717, 1.165) is 0 Å². The second-order valence-corrected chi connectivity index (χ2v) is 8.34. The van der Waals surface area contributed by atoms with E-state index < -0.39 is 11.7 Å². The Morgan fingerprint density at radius 1 is 1.13 bits per heavy atom. The second-order valence-electron chi connectivity index (χ2n) is 8.34. The van der Waals surface area contributed by atoms with Gasteiger partial charge in [0.05, 0.1) is 19.9 Å². The number of ether oxygens (including phenoxy) is 2. The van der Waals surface area contributed by atoms with Crippen molar-refractivity contribution in [1.82, 2.24) is 24.8 Å². The zero-order valence-corrected chi connectivity index (χ0v) is 18.3. The van der Waals surface area contributed by atoms with Gasteiger partial charge in [-0.3, -0.25) is 4.79 Å². The zero-order chi connectivity index (χ0) is 22.6. The van der Waals surface area contributed by atoms with Crippen molar-refractivity contribution in [2.45, 2.75) is 39.0 Å². The van der Waals surface area contributed by atoms with Crippen molar-refractivity contribution in [3.63, 3.8) is 0 Å². The Morgan fingerprint density at radius 3 is 2.42 bits per heavy atom. The summed E-state index contributed by atoms with van der Waals surface area (Å²) in [6, 6.07) is 7.18. The largest absolute Gasteiger partial charge is 0.496 e. The van der Waals surface area contributed by atoms with E-state index in [2.05, 4.69) is 10.3 Å². The fourth-order valence-corrected chi connectivity index (χ4v) is 3.28. The number of amides is 2. The number of benzene rings is 1. The highest BCUT2D eigenvalue weighted by molar-refractivity contribution is 5.92. The van der Waals surface area contributed by atoms with Gasteiger partial charge in [-0.1, -0.05) is 23.4 Å². The molecule has 2 heterocycles. The summed E-state index contributed by atoms with van der Waals surface area (Å²) in [5.74, 6) is 0.316. The van der Waals surface area contributed by atoms with Crippen molar-refractivity contribution in [2.24, 2.45) is 0 Å². The SMILES string of the molecule is COc1ccccc1[C@@H](O)Cn1cc(C(=O)N2CCN(C(=O)OC(C)(C)C)CC2)nn1. The molecule has 1 saturated heterocycles. The molecule has 0 bridgehead atoms. The fraction of sp³-hybridized carbons (Fsp3) is 0.524. The molecule has 3 rings (SSSR count). The highest BCUT2D eigenvalue weighted by atomic mass is 16.6. The average molecular weight is 431 g/mol. The van der Waals surface area contributed by atoms with Gasteiger partial charge in [0.15, 0.2) is 5.69 Å². The number of para-hydroxylation sites is 1. The van der Waals surface area contributed by atoms with Crippen LogP contribution in [0.25, 0.3) is 0 Å². The lowest BCUT2D eigenvalue weighted by atomic mass is 10.1. The van der Waals surface area contributed by atoms with Gasteiger partial charge >= 0.3 is 6.09 Å². The lowest BCUT2D eigenvalue weighted by Crippen LogP contribution is -2.51. The van der Waals surface area contributed by atoms with Gasteiger partial charge in [0.2, 0.25) is 0 Å². The van der Waals surface area contributed by atoms with Crippen LogP contribution in [0.4, 0.5) is 4.79 Å². The van der Waals surface area contributed by atoms with Gasteiger partial charge < -0.3 is 24.4 Å². The smallest absolute Gasteiger partial charge is 0.410 e. The molecule has 1 atom stereocenters. The molecule has 1 N–H and O–H groups in total. The van der Waals surface area contributed by atoms with E-state index in [4.69, 9.17) is 9.47 Å². The molecular weight excluding hydrogens is 402 g/mol. The van der Waals surface area contributed by atoms with Crippen LogP contribution < -0.4 is 4.74 Å². The summed E-state index contributed by atoms with van der Waals surface area (Å²) in [7, 11) is 1.54. The molecule has 1 fully saturated rings. The number of carbonyl (C=O) groups excluding carboxylic acids is 2. The molecule has 1 aliphatic heterocycles. The standard InChI is InChI=1S/C21H29N5O5/c1-21(2,3)31-20(29)25-11-9-24(10-12-25)19(28)16-13-26(23-22-16)14-17(27)15-7-5-6-8-18(15)30-4/h5-8,13,17,27H,9-12,14H2,1-4H3/t17-/m0/s1. The van der Waals surface area contributed by atoms with Gasteiger partial charge in [-0.05, 0) is 26.8 Å². The molecule has 10 nitrogen and oxygen atoms in total. The summed E-state index contributed by atoms with van der Waals surface area (Å²) >= 11 is 0. The van der Waals surface area contributed by atoms with Gasteiger partial charge in [-0.25, -0.2) is 9.48 Å². The van der Waals surface area contributed by atoms with Crippen molar-refractivity contribution in [2.75, 3.05) is 33.3 Å². The summed E-state index contributed by atoms with van der Waals surface area (Å²) < 4.78 is 12.1. The normalized spacial score (nSPS) is 15.5. The van der Waals surface area contributed by atoms with Crippen LogP contribution in [-0.4, -0.2) is 80.8 Å². The summed E-state index contributed by atoms with van der Waals surface area (Å²) in [5, 5.41) is 18.5. The summed E-state index contributed by atoms with van der Waals surface area (Å²) in [6.45, 7) is 7.13. The second kappa shape index (κ2) is 9.34. The van der Waals surface area contributed by atoms with E-state index in [0.29, 0.717) is 37.5 Å². The van der Waals surface area contributed by atoms with Crippen LogP contribution in [0.5, 0.6) is 5.75 Å². The lowest BCUT2D eigenvalue weighted by molar-refractivity contribution is 0.0140. The average Bonchev–Trinajstić information content (AvgIpc) is 3.20. The number of aromatic nitrogens is 3. The Bertz CT molecular complexity index is 915. The Balaban J connectivity index is 1.57. The molecule has 168 valence electrons. The van der Waals surface area contributed by atoms with Gasteiger partial charge in [0.1, 0.15) is 17.5 Å². The third kappa shape index (κ3) is 5.72. The number of hydrogen-bond acceptors (Lipinski definition) is 7. The molecule has 1 aromatic heterocycles. The molecular formula is C21H29N5O5. The Morgan fingerprint density at radius 2 is 1.77 bits per heavy atom. The van der Waals surface area contributed by atoms with E-state index in [9.17, 15) is 14.7 Å². The van der Waals surface area contributed by atoms with E-state index in [1.165, 1.54) is 10.9 Å². The first-order chi connectivity index (χ1) is 14.7. The van der Waals surface area contributed by atoms with Crippen molar-refractivity contribution in [3.8, 4) is 5.75 Å². The van der Waals surface area contributed by atoms with Crippen LogP contribution in [0.2, 0.25) is 0 Å². The molecule has 0 saturated carbocycles. The van der Waals surface area contributed by atoms with Crippen molar-refractivity contribution < 1.29 is 24.2 Å². The Labute approximate surface area is 181 Å². The fourth-order valence-electron chi connectivity index (χ4n) is 3.28. The maximum atomic E-state index is 12.8. The third-order valence-electron chi connectivity index (χ3n) is 4.83. The molecule has 0 radical (unpaired) electrons. The number of rotatable bonds is 5. The summed E-state index contributed by atoms with van der Waals surface area (Å²) in [5.41, 5.74) is 0.265. The molecule has 1 aromatic carbocycles. The first kappa shape index (κ1) is 22.5. The maximum Gasteiger partial charge on any atom is 0.410 e. The number of nitrogens with zero attached hydrogens (tertiary/aromatic N) is 5. The molecule has 0 unspecified atom stereocenters. The summed E-state index contributed by atoms with van der Waals surface area (Å²) in [4.78, 5) is 28.2. The molecule has 0 spiro atoms. The van der Waals surface area contributed by atoms with Crippen molar-refractivity contribution in [1.29, 1.82) is 0 Å². The Hall–Kier alpha value is -3.14. The molecule has 1 aliphatic rings. The predicted octanol–water partition coefficient (Wildman–Crippen LogP) is 1.71. The van der Waals surface area contributed by atoms with Gasteiger partial charge in [0, 0.05) is 31.7 Å².